The van der Waals surface area contributed by atoms with E-state index in [9.17, 15) is 13.2 Å². The minimum absolute atomic E-state index is 0.0980. The lowest BCUT2D eigenvalue weighted by molar-refractivity contribution is -0.136. The molecule has 3 saturated carbocycles. The number of rotatable bonds is 6. The number of nitrogens with one attached hydrogen (secondary N) is 2. The van der Waals surface area contributed by atoms with Crippen LogP contribution in [0.4, 0.5) is 5.82 Å². The summed E-state index contributed by atoms with van der Waals surface area (Å²) in [6.45, 7) is 3.34. The molecule has 0 saturated heterocycles. The van der Waals surface area contributed by atoms with Gasteiger partial charge in [0.2, 0.25) is 15.9 Å². The number of amides is 1. The van der Waals surface area contributed by atoms with Crippen LogP contribution in [0.2, 0.25) is 0 Å². The van der Waals surface area contributed by atoms with Gasteiger partial charge in [0.25, 0.3) is 0 Å². The Hall–Kier alpha value is -3.38. The highest BCUT2D eigenvalue weighted by Crippen LogP contribution is 2.60. The summed E-state index contributed by atoms with van der Waals surface area (Å²) in [5.74, 6) is 0.390. The topological polar surface area (TPSA) is 158 Å². The number of benzene rings is 1. The van der Waals surface area contributed by atoms with E-state index in [-0.39, 0.29) is 22.2 Å². The number of anilines is 1. The summed E-state index contributed by atoms with van der Waals surface area (Å²) in [7, 11) is -3.77. The zero-order valence-electron chi connectivity index (χ0n) is 17.5. The van der Waals surface area contributed by atoms with Crippen LogP contribution in [0.25, 0.3) is 17.1 Å². The highest BCUT2D eigenvalue weighted by atomic mass is 32.2. The normalized spacial score (nSPS) is 23.8. The summed E-state index contributed by atoms with van der Waals surface area (Å²) >= 11 is 0. The van der Waals surface area contributed by atoms with E-state index >= 15 is 0 Å². The predicted octanol–water partition coefficient (Wildman–Crippen LogP) is 0.704. The molecule has 0 unspecified atom stereocenters. The Kier molecular flexibility index (Phi) is 4.37. The van der Waals surface area contributed by atoms with Crippen molar-refractivity contribution in [2.75, 3.05) is 5.73 Å². The highest BCUT2D eigenvalue weighted by Gasteiger charge is 2.69. The van der Waals surface area contributed by atoms with E-state index in [2.05, 4.69) is 30.1 Å². The first kappa shape index (κ1) is 20.5. The lowest BCUT2D eigenvalue weighted by atomic mass is 9.44. The largest absolute Gasteiger partial charge is 0.381 e. The molecule has 3 aliphatic carbocycles. The van der Waals surface area contributed by atoms with Crippen LogP contribution in [-0.4, -0.2) is 50.1 Å². The van der Waals surface area contributed by atoms with Gasteiger partial charge in [-0.2, -0.15) is 9.78 Å². The predicted molar refractivity (Wildman–Crippen MR) is 115 cm³/mol. The summed E-state index contributed by atoms with van der Waals surface area (Å²) in [4.78, 5) is 24.1. The zero-order chi connectivity index (χ0) is 22.7. The van der Waals surface area contributed by atoms with E-state index in [4.69, 9.17) is 5.73 Å². The Balaban J connectivity index is 1.43. The van der Waals surface area contributed by atoms with Gasteiger partial charge in [0, 0.05) is 23.6 Å². The lowest BCUT2D eigenvalue weighted by Crippen LogP contribution is -2.83. The van der Waals surface area contributed by atoms with Gasteiger partial charge < -0.3 is 11.1 Å². The second-order valence-corrected chi connectivity index (χ2v) is 10.3. The van der Waals surface area contributed by atoms with Crippen molar-refractivity contribution in [1.29, 1.82) is 0 Å². The quantitative estimate of drug-likeness (QED) is 0.491. The molecule has 0 aliphatic heterocycles. The van der Waals surface area contributed by atoms with Crippen LogP contribution >= 0.6 is 0 Å². The maximum absolute atomic E-state index is 13.1. The standard InChI is InChI=1S/C20H22N8O3S/c1-12-3-4-14(32(30,31)27-20-7-19(8-20,9-20)26-13(2)29)5-15(12)16-6-23-17(21)18(25-16)28-11-22-10-24-28/h3-6,10-11,27H,7-9H2,1-2H3,(H2,21,23)(H,26,29). The van der Waals surface area contributed by atoms with E-state index in [0.717, 1.165) is 5.56 Å². The van der Waals surface area contributed by atoms with E-state index in [1.54, 1.807) is 18.2 Å². The SMILES string of the molecule is CC(=O)NC12CC(NS(=O)(=O)c3ccc(C)c(-c4cnc(N)c(-n5cncn5)n4)c3)(C1)C2. The number of hydrogen-bond donors (Lipinski definition) is 3. The Labute approximate surface area is 184 Å². The highest BCUT2D eigenvalue weighted by molar-refractivity contribution is 7.89. The fraction of sp³-hybridized carbons (Fsp3) is 0.350. The third-order valence-corrected chi connectivity index (χ3v) is 7.61. The molecule has 3 fully saturated rings. The number of sulfonamides is 1. The Morgan fingerprint density at radius 1 is 1.22 bits per heavy atom. The first-order valence-corrected chi connectivity index (χ1v) is 11.5. The van der Waals surface area contributed by atoms with Gasteiger partial charge >= 0.3 is 0 Å². The molecule has 4 N–H and O–H groups in total. The van der Waals surface area contributed by atoms with Gasteiger partial charge in [-0.15, -0.1) is 0 Å². The second kappa shape index (κ2) is 6.81. The fourth-order valence-electron chi connectivity index (χ4n) is 4.79. The van der Waals surface area contributed by atoms with Crippen molar-refractivity contribution in [2.24, 2.45) is 0 Å². The molecule has 166 valence electrons. The summed E-state index contributed by atoms with van der Waals surface area (Å²) in [6, 6.07) is 4.88. The van der Waals surface area contributed by atoms with Crippen molar-refractivity contribution in [2.45, 2.75) is 49.1 Å². The fourth-order valence-corrected chi connectivity index (χ4v) is 6.22. The number of nitrogens with two attached hydrogens (primary N) is 1. The number of aryl methyl sites for hydroxylation is 1. The third-order valence-electron chi connectivity index (χ3n) is 6.03. The van der Waals surface area contributed by atoms with Crippen molar-refractivity contribution >= 4 is 21.7 Å². The summed E-state index contributed by atoms with van der Waals surface area (Å²) in [6.07, 6.45) is 6.12. The first-order valence-electron chi connectivity index (χ1n) is 10.0. The average molecular weight is 455 g/mol. The lowest BCUT2D eigenvalue weighted by Gasteiger charge is -2.70. The number of carbonyl (C=O) groups excluding carboxylic acids is 1. The van der Waals surface area contributed by atoms with Crippen LogP contribution < -0.4 is 15.8 Å². The van der Waals surface area contributed by atoms with E-state index in [0.29, 0.717) is 36.3 Å². The molecule has 12 heteroatoms. The van der Waals surface area contributed by atoms with E-state index < -0.39 is 15.6 Å². The number of hydrogen-bond acceptors (Lipinski definition) is 8. The average Bonchev–Trinajstić information content (AvgIpc) is 3.20. The van der Waals surface area contributed by atoms with Crippen LogP contribution in [0.1, 0.15) is 31.7 Å². The number of nitrogen functional groups attached to an aromatic ring is 1. The van der Waals surface area contributed by atoms with E-state index in [1.165, 1.54) is 30.5 Å². The molecule has 32 heavy (non-hydrogen) atoms. The number of nitrogens with zero attached hydrogens (tertiary/aromatic N) is 5. The summed E-state index contributed by atoms with van der Waals surface area (Å²) < 4.78 is 30.5. The second-order valence-electron chi connectivity index (χ2n) is 8.66. The third kappa shape index (κ3) is 3.31. The molecule has 1 aromatic carbocycles. The smallest absolute Gasteiger partial charge is 0.241 e. The number of aromatic nitrogens is 5. The maximum Gasteiger partial charge on any atom is 0.241 e. The van der Waals surface area contributed by atoms with Crippen molar-refractivity contribution in [1.82, 2.24) is 34.8 Å². The minimum Gasteiger partial charge on any atom is -0.381 e. The molecular weight excluding hydrogens is 432 g/mol. The molecule has 2 heterocycles. The first-order chi connectivity index (χ1) is 15.1. The van der Waals surface area contributed by atoms with Gasteiger partial charge in [0.05, 0.1) is 16.8 Å². The minimum atomic E-state index is -3.77. The van der Waals surface area contributed by atoms with Crippen molar-refractivity contribution in [3.05, 3.63) is 42.6 Å². The monoisotopic (exact) mass is 454 g/mol. The molecule has 6 rings (SSSR count). The van der Waals surface area contributed by atoms with Crippen molar-refractivity contribution < 1.29 is 13.2 Å². The molecule has 2 aromatic heterocycles. The van der Waals surface area contributed by atoms with Crippen LogP contribution in [-0.2, 0) is 14.8 Å². The van der Waals surface area contributed by atoms with Crippen molar-refractivity contribution in [3.8, 4) is 17.1 Å². The van der Waals surface area contributed by atoms with Gasteiger partial charge in [0.15, 0.2) is 11.6 Å². The molecule has 1 amide bonds. The van der Waals surface area contributed by atoms with Crippen LogP contribution in [0.3, 0.4) is 0 Å². The molecule has 0 atom stereocenters. The molecule has 0 radical (unpaired) electrons. The van der Waals surface area contributed by atoms with Crippen LogP contribution in [0, 0.1) is 6.92 Å². The van der Waals surface area contributed by atoms with Gasteiger partial charge in [-0.3, -0.25) is 4.79 Å². The molecular formula is C20H22N8O3S. The summed E-state index contributed by atoms with van der Waals surface area (Å²) in [5, 5.41) is 6.96. The van der Waals surface area contributed by atoms with Gasteiger partial charge in [-0.05, 0) is 43.9 Å². The Morgan fingerprint density at radius 3 is 2.62 bits per heavy atom. The number of carbonyl (C=O) groups is 1. The summed E-state index contributed by atoms with van der Waals surface area (Å²) in [5.41, 5.74) is 7.11. The van der Waals surface area contributed by atoms with Crippen LogP contribution in [0.15, 0.2) is 41.9 Å². The maximum atomic E-state index is 13.1. The molecule has 11 nitrogen and oxygen atoms in total. The Bertz CT molecular complexity index is 1320. The molecule has 3 aliphatic rings. The van der Waals surface area contributed by atoms with Crippen molar-refractivity contribution in [3.63, 3.8) is 0 Å². The van der Waals surface area contributed by atoms with Gasteiger partial charge in [-0.25, -0.2) is 28.1 Å². The van der Waals surface area contributed by atoms with Gasteiger partial charge in [-0.1, -0.05) is 6.07 Å². The van der Waals surface area contributed by atoms with Crippen LogP contribution in [0.5, 0.6) is 0 Å². The zero-order valence-corrected chi connectivity index (χ0v) is 18.3. The Morgan fingerprint density at radius 2 is 1.97 bits per heavy atom. The van der Waals surface area contributed by atoms with Gasteiger partial charge in [0.1, 0.15) is 12.7 Å². The molecule has 0 spiro atoms. The van der Waals surface area contributed by atoms with E-state index in [1.807, 2.05) is 6.92 Å². The molecule has 2 bridgehead atoms. The molecule has 3 aromatic rings.